The lowest BCUT2D eigenvalue weighted by molar-refractivity contribution is 0.459. The van der Waals surface area contributed by atoms with Crippen molar-refractivity contribution in [3.8, 4) is 0 Å². The molecule has 52 valence electrons. The Bertz CT molecular complexity index is 245. The van der Waals surface area contributed by atoms with Gasteiger partial charge in [-0.2, -0.15) is 0 Å². The van der Waals surface area contributed by atoms with Gasteiger partial charge in [0.1, 0.15) is 0 Å². The van der Waals surface area contributed by atoms with E-state index >= 15 is 0 Å². The molecule has 0 aliphatic rings. The zero-order valence-corrected chi connectivity index (χ0v) is 7.10. The summed E-state index contributed by atoms with van der Waals surface area (Å²) in [5, 5.41) is 8.95. The molecule has 0 saturated carbocycles. The molecule has 0 spiro atoms. The highest BCUT2D eigenvalue weighted by Gasteiger charge is 1.85. The summed E-state index contributed by atoms with van der Waals surface area (Å²) in [5.74, 6) is 0. The molecule has 0 atom stereocenters. The quantitative estimate of drug-likeness (QED) is 0.391. The van der Waals surface area contributed by atoms with Gasteiger partial charge in [-0.1, -0.05) is 16.5 Å². The first-order chi connectivity index (χ1) is 4.81. The first-order valence-corrected chi connectivity index (χ1v) is 4.91. The second-order valence-corrected chi connectivity index (χ2v) is 3.49. The summed E-state index contributed by atoms with van der Waals surface area (Å²) >= 11 is 0. The van der Waals surface area contributed by atoms with E-state index in [0.717, 1.165) is 0 Å². The van der Waals surface area contributed by atoms with Crippen molar-refractivity contribution in [3.05, 3.63) is 34.6 Å². The summed E-state index contributed by atoms with van der Waals surface area (Å²) < 4.78 is 0. The first kappa shape index (κ1) is 9.36. The van der Waals surface area contributed by atoms with E-state index in [2.05, 4.69) is 29.5 Å². The summed E-state index contributed by atoms with van der Waals surface area (Å²) in [7, 11) is 2.64. The van der Waals surface area contributed by atoms with Crippen LogP contribution in [0.15, 0.2) is 34.6 Å². The molecule has 0 unspecified atom stereocenters. The van der Waals surface area contributed by atoms with Crippen molar-refractivity contribution in [1.82, 2.24) is 0 Å². The largest absolute Gasteiger partial charge is 0.495 e. The maximum absolute atomic E-state index is 8.87. The van der Waals surface area contributed by atoms with Gasteiger partial charge in [-0.3, -0.25) is 0 Å². The maximum atomic E-state index is 8.87. The van der Waals surface area contributed by atoms with Crippen LogP contribution in [0.2, 0.25) is 0 Å². The average molecular weight is 170 g/mol. The third-order valence-electron chi connectivity index (χ3n) is 0.483. The predicted octanol–water partition coefficient (Wildman–Crippen LogP) is 2.65. The van der Waals surface area contributed by atoms with Crippen LogP contribution in [0.1, 0.15) is 0 Å². The number of hydrogen-bond donors (Lipinski definition) is 1. The van der Waals surface area contributed by atoms with Crippen molar-refractivity contribution in [2.75, 3.05) is 6.26 Å². The van der Waals surface area contributed by atoms with E-state index in [9.17, 15) is 0 Å². The highest BCUT2D eigenvalue weighted by atomic mass is 33.1. The van der Waals surface area contributed by atoms with E-state index in [0.29, 0.717) is 0 Å². The normalized spacial score (nSPS) is 6.50. The summed E-state index contributed by atoms with van der Waals surface area (Å²) in [6.45, 7) is 3.26. The Morgan fingerprint density at radius 3 is 2.70 bits per heavy atom. The van der Waals surface area contributed by atoms with Gasteiger partial charge in [0.25, 0.3) is 0 Å². The van der Waals surface area contributed by atoms with E-state index < -0.39 is 0 Å². The molecule has 0 fully saturated rings. The highest BCUT2D eigenvalue weighted by molar-refractivity contribution is 8.77. The lowest BCUT2D eigenvalue weighted by Crippen LogP contribution is -1.60. The smallest absolute Gasteiger partial charge is 0.214 e. The molecule has 0 aliphatic heterocycles. The van der Waals surface area contributed by atoms with E-state index in [1.807, 2.05) is 6.26 Å². The second kappa shape index (κ2) is 6.48. The fourth-order valence-corrected chi connectivity index (χ4v) is 1.08. The van der Waals surface area contributed by atoms with E-state index in [-0.39, 0.29) is 5.09 Å². The molecule has 0 heterocycles. The Balaban J connectivity index is 4.43. The molecule has 1 N–H and O–H groups in total. The molecule has 0 rings (SSSR count). The molecule has 0 radical (unpaired) electrons. The fourth-order valence-electron chi connectivity index (χ4n) is 0.229. The van der Waals surface area contributed by atoms with Crippen LogP contribution in [-0.2, 0) is 0 Å². The lowest BCUT2D eigenvalue weighted by Gasteiger charge is -1.85. The zero-order chi connectivity index (χ0) is 7.82. The van der Waals surface area contributed by atoms with Gasteiger partial charge in [-0.15, -0.1) is 0 Å². The van der Waals surface area contributed by atoms with Crippen molar-refractivity contribution in [3.63, 3.8) is 0 Å². The topological polar surface area (TPSA) is 20.2 Å². The van der Waals surface area contributed by atoms with Crippen molar-refractivity contribution < 1.29 is 5.11 Å². The average Bonchev–Trinajstić information content (AvgIpc) is 1.89. The van der Waals surface area contributed by atoms with Crippen LogP contribution in [0.4, 0.5) is 0 Å². The van der Waals surface area contributed by atoms with Crippen LogP contribution in [0, 0.1) is 0 Å². The third-order valence-corrected chi connectivity index (χ3v) is 1.88. The van der Waals surface area contributed by atoms with Gasteiger partial charge < -0.3 is 5.11 Å². The van der Waals surface area contributed by atoms with Gasteiger partial charge in [-0.05, 0) is 40.8 Å². The Labute approximate surface area is 67.9 Å². The SMILES string of the molecule is C=C=C=C=C=C(O)SSC. The van der Waals surface area contributed by atoms with Gasteiger partial charge in [0, 0.05) is 0 Å². The number of aliphatic hydroxyl groups is 1. The first-order valence-electron chi connectivity index (χ1n) is 2.36. The monoisotopic (exact) mass is 170 g/mol. The van der Waals surface area contributed by atoms with Crippen molar-refractivity contribution >= 4 is 21.6 Å². The molecular formula is C7H6OS2. The van der Waals surface area contributed by atoms with Crippen LogP contribution < -0.4 is 0 Å². The van der Waals surface area contributed by atoms with Crippen LogP contribution in [0.25, 0.3) is 0 Å². The Morgan fingerprint density at radius 1 is 1.50 bits per heavy atom. The minimum atomic E-state index is 0.0789. The van der Waals surface area contributed by atoms with Gasteiger partial charge in [0.05, 0.1) is 0 Å². The van der Waals surface area contributed by atoms with E-state index in [1.54, 1.807) is 0 Å². The van der Waals surface area contributed by atoms with Crippen LogP contribution >= 0.6 is 21.6 Å². The lowest BCUT2D eigenvalue weighted by atomic mass is 10.7. The maximum Gasteiger partial charge on any atom is 0.214 e. The van der Waals surface area contributed by atoms with E-state index in [4.69, 9.17) is 5.11 Å². The summed E-state index contributed by atoms with van der Waals surface area (Å²) in [5.41, 5.74) is 9.62. The second-order valence-electron chi connectivity index (χ2n) is 1.11. The van der Waals surface area contributed by atoms with Crippen LogP contribution in [-0.4, -0.2) is 11.4 Å². The van der Waals surface area contributed by atoms with Gasteiger partial charge in [-0.25, -0.2) is 0 Å². The van der Waals surface area contributed by atoms with Crippen LogP contribution in [0.3, 0.4) is 0 Å². The van der Waals surface area contributed by atoms with Gasteiger partial charge >= 0.3 is 0 Å². The van der Waals surface area contributed by atoms with Crippen molar-refractivity contribution in [1.29, 1.82) is 0 Å². The van der Waals surface area contributed by atoms with Gasteiger partial charge in [0.15, 0.2) is 0 Å². The predicted molar refractivity (Wildman–Crippen MR) is 46.9 cm³/mol. The molecule has 10 heavy (non-hydrogen) atoms. The minimum absolute atomic E-state index is 0.0789. The molecule has 1 nitrogen and oxygen atoms in total. The summed E-state index contributed by atoms with van der Waals surface area (Å²) in [6, 6.07) is 0. The highest BCUT2D eigenvalue weighted by Crippen LogP contribution is 2.23. The summed E-state index contributed by atoms with van der Waals surface area (Å²) in [4.78, 5) is 0. The number of rotatable bonds is 2. The van der Waals surface area contributed by atoms with Crippen molar-refractivity contribution in [2.24, 2.45) is 0 Å². The summed E-state index contributed by atoms with van der Waals surface area (Å²) in [6.07, 6.45) is 1.86. The molecule has 0 aromatic heterocycles. The minimum Gasteiger partial charge on any atom is -0.495 e. The third kappa shape index (κ3) is 5.50. The Kier molecular flexibility index (Phi) is 6.06. The molecule has 0 aromatic carbocycles. The standard InChI is InChI=1S/C7H6OS2/c1-3-4-5-6-7(8)10-9-2/h8H,1H2,2H3. The number of aliphatic hydroxyl groups excluding tert-OH is 1. The van der Waals surface area contributed by atoms with Crippen molar-refractivity contribution in [2.45, 2.75) is 0 Å². The number of hydrogen-bond acceptors (Lipinski definition) is 3. The molecule has 0 saturated heterocycles. The fraction of sp³-hybridized carbons (Fsp3) is 0.143. The molecule has 0 bridgehead atoms. The van der Waals surface area contributed by atoms with Gasteiger partial charge in [0.2, 0.25) is 5.09 Å². The molecule has 0 aliphatic carbocycles. The molecule has 3 heteroatoms. The molecular weight excluding hydrogens is 164 g/mol. The Morgan fingerprint density at radius 2 is 2.20 bits per heavy atom. The molecule has 0 amide bonds. The zero-order valence-electron chi connectivity index (χ0n) is 5.47. The Hall–Kier alpha value is -0.640. The van der Waals surface area contributed by atoms with Crippen LogP contribution in [0.5, 0.6) is 0 Å². The van der Waals surface area contributed by atoms with E-state index in [1.165, 1.54) is 21.6 Å². The molecule has 0 aromatic rings.